The van der Waals surface area contributed by atoms with Gasteiger partial charge in [-0.05, 0) is 94.8 Å². The van der Waals surface area contributed by atoms with Gasteiger partial charge in [-0.15, -0.1) is 0 Å². The van der Waals surface area contributed by atoms with E-state index in [-0.39, 0.29) is 5.92 Å². The second-order valence-corrected chi connectivity index (χ2v) is 15.1. The number of para-hydroxylation sites is 1. The minimum absolute atomic E-state index is 0.286. The van der Waals surface area contributed by atoms with Gasteiger partial charge in [-0.1, -0.05) is 135 Å². The fraction of sp³-hybridized carbons (Fsp3) is 0.265. The lowest BCUT2D eigenvalue weighted by molar-refractivity contribution is -0.582. The van der Waals surface area contributed by atoms with Crippen LogP contribution in [-0.2, 0) is 0 Å². The van der Waals surface area contributed by atoms with Gasteiger partial charge in [-0.2, -0.15) is 9.13 Å². The molecule has 0 aliphatic rings. The molecule has 0 aliphatic heterocycles. The monoisotopic (exact) mass is 699 g/mol. The summed E-state index contributed by atoms with van der Waals surface area (Å²) in [5, 5.41) is 0. The van der Waals surface area contributed by atoms with E-state index in [1.807, 2.05) is 12.3 Å². The van der Waals surface area contributed by atoms with Gasteiger partial charge in [-0.25, -0.2) is 4.98 Å². The summed E-state index contributed by atoms with van der Waals surface area (Å²) in [5.74, 6) is 3.20. The molecule has 2 heterocycles. The lowest BCUT2D eigenvalue weighted by atomic mass is 9.88. The Morgan fingerprint density at radius 3 is 1.83 bits per heavy atom. The molecular weight excluding hydrogens is 645 g/mol. The van der Waals surface area contributed by atoms with E-state index in [1.54, 1.807) is 0 Å². The average molecular weight is 700 g/mol. The number of nitrogens with zero attached hydrogens (tertiary/aromatic N) is 4. The molecule has 6 aromatic rings. The zero-order chi connectivity index (χ0) is 37.8. The maximum Gasteiger partial charge on any atom is 0.299 e. The van der Waals surface area contributed by atoms with Crippen molar-refractivity contribution in [3.63, 3.8) is 0 Å². The summed E-state index contributed by atoms with van der Waals surface area (Å²) in [7, 11) is 0. The van der Waals surface area contributed by atoms with Gasteiger partial charge in [0.05, 0.1) is 16.8 Å². The first-order chi connectivity index (χ1) is 25.6. The predicted molar refractivity (Wildman–Crippen MR) is 224 cm³/mol. The van der Waals surface area contributed by atoms with E-state index in [0.29, 0.717) is 17.8 Å². The molecule has 0 amide bonds. The Labute approximate surface area is 317 Å². The van der Waals surface area contributed by atoms with Crippen LogP contribution in [0.2, 0.25) is 0 Å². The number of allylic oxidation sites excluding steroid dienone is 5. The van der Waals surface area contributed by atoms with Crippen molar-refractivity contribution >= 4 is 5.70 Å². The molecule has 0 unspecified atom stereocenters. The number of hydrogen-bond acceptors (Lipinski definition) is 1. The summed E-state index contributed by atoms with van der Waals surface area (Å²) in [5.41, 5.74) is 13.3. The van der Waals surface area contributed by atoms with Gasteiger partial charge in [0.25, 0.3) is 5.82 Å². The van der Waals surface area contributed by atoms with Gasteiger partial charge in [-0.3, -0.25) is 4.57 Å². The Kier molecular flexibility index (Phi) is 11.3. The van der Waals surface area contributed by atoms with Crippen LogP contribution in [0.25, 0.3) is 51.0 Å². The van der Waals surface area contributed by atoms with Crippen LogP contribution in [0.3, 0.4) is 0 Å². The number of rotatable bonds is 12. The van der Waals surface area contributed by atoms with Crippen molar-refractivity contribution < 1.29 is 4.57 Å². The Balaban J connectivity index is 1.64. The van der Waals surface area contributed by atoms with Crippen LogP contribution in [-0.4, -0.2) is 14.1 Å². The molecule has 4 heteroatoms. The summed E-state index contributed by atoms with van der Waals surface area (Å²) >= 11 is 0. The summed E-state index contributed by atoms with van der Waals surface area (Å²) < 4.78 is 7.04. The van der Waals surface area contributed by atoms with E-state index >= 15 is 0 Å². The Bertz CT molecular complexity index is 2230. The molecule has 270 valence electrons. The van der Waals surface area contributed by atoms with Crippen LogP contribution in [0.15, 0.2) is 152 Å². The molecule has 0 N–H and O–H groups in total. The first-order valence-electron chi connectivity index (χ1n) is 19.2. The van der Waals surface area contributed by atoms with Crippen LogP contribution in [0.1, 0.15) is 85.3 Å². The summed E-state index contributed by atoms with van der Waals surface area (Å²) in [4.78, 5) is 5.12. The van der Waals surface area contributed by atoms with Crippen molar-refractivity contribution in [2.75, 3.05) is 0 Å². The van der Waals surface area contributed by atoms with Gasteiger partial charge in [0.15, 0.2) is 0 Å². The molecule has 4 nitrogen and oxygen atoms in total. The van der Waals surface area contributed by atoms with Crippen molar-refractivity contribution in [1.82, 2.24) is 14.1 Å². The lowest BCUT2D eigenvalue weighted by Gasteiger charge is -2.24. The number of aromatic nitrogens is 4. The molecule has 0 atom stereocenters. The topological polar surface area (TPSA) is 26.6 Å². The Morgan fingerprint density at radius 1 is 0.698 bits per heavy atom. The molecule has 4 aromatic carbocycles. The smallest absolute Gasteiger partial charge is 0.299 e. The highest BCUT2D eigenvalue weighted by Crippen LogP contribution is 2.39. The third-order valence-electron chi connectivity index (χ3n) is 10.2. The van der Waals surface area contributed by atoms with Crippen LogP contribution >= 0.6 is 0 Å². The van der Waals surface area contributed by atoms with Crippen molar-refractivity contribution in [2.24, 2.45) is 11.8 Å². The summed E-state index contributed by atoms with van der Waals surface area (Å²) in [6, 6.07) is 34.9. The summed E-state index contributed by atoms with van der Waals surface area (Å²) in [6.45, 7) is 24.7. The normalized spacial score (nSPS) is 12.7. The van der Waals surface area contributed by atoms with E-state index < -0.39 is 0 Å². The highest BCUT2D eigenvalue weighted by atomic mass is 15.2. The minimum Gasteiger partial charge on any atom is -0.299 e. The lowest BCUT2D eigenvalue weighted by Crippen LogP contribution is -2.33. The van der Waals surface area contributed by atoms with E-state index in [4.69, 9.17) is 4.98 Å². The van der Waals surface area contributed by atoms with E-state index in [1.165, 1.54) is 44.8 Å². The van der Waals surface area contributed by atoms with Crippen molar-refractivity contribution in [3.8, 4) is 45.3 Å². The Morgan fingerprint density at radius 2 is 1.28 bits per heavy atom. The van der Waals surface area contributed by atoms with E-state index in [9.17, 15) is 0 Å². The average Bonchev–Trinajstić information content (AvgIpc) is 3.83. The first kappa shape index (κ1) is 37.3. The van der Waals surface area contributed by atoms with E-state index in [0.717, 1.165) is 28.5 Å². The van der Waals surface area contributed by atoms with Gasteiger partial charge < -0.3 is 0 Å². The molecule has 0 spiro atoms. The second kappa shape index (κ2) is 16.0. The maximum absolute atomic E-state index is 5.12. The minimum atomic E-state index is 0.286. The van der Waals surface area contributed by atoms with Crippen molar-refractivity contribution in [2.45, 2.75) is 74.1 Å². The largest absolute Gasteiger partial charge is 0.299 e. The predicted octanol–water partition coefficient (Wildman–Crippen LogP) is 12.9. The molecule has 2 aromatic heterocycles. The fourth-order valence-electron chi connectivity index (χ4n) is 7.62. The molecule has 6 rings (SSSR count). The molecule has 0 aliphatic carbocycles. The zero-order valence-electron chi connectivity index (χ0n) is 33.0. The quantitative estimate of drug-likeness (QED) is 0.0922. The van der Waals surface area contributed by atoms with Gasteiger partial charge >= 0.3 is 0 Å². The van der Waals surface area contributed by atoms with E-state index in [2.05, 4.69) is 204 Å². The molecule has 0 saturated carbocycles. The second-order valence-electron chi connectivity index (χ2n) is 15.1. The van der Waals surface area contributed by atoms with Crippen LogP contribution in [0, 0.1) is 11.8 Å². The first-order valence-corrected chi connectivity index (χ1v) is 19.2. The molecule has 0 radical (unpaired) electrons. The Hall–Kier alpha value is -5.48. The van der Waals surface area contributed by atoms with Crippen LogP contribution in [0.4, 0.5) is 0 Å². The molecule has 53 heavy (non-hydrogen) atoms. The number of hydrogen-bond donors (Lipinski definition) is 0. The standard InChI is InChI=1S/C49H55N4/c1-11-40(33(3)4)46(41(12-2)34(5)6)53-30-29-51(49(53)38-23-17-14-18-24-38)45-26-20-19-25-42(45)48-50-27-28-52(48)47-43(35(7)8)31-39(32-44(47)36(9)10)37-21-15-13-16-22-37/h11-36H,1H2,2-10H3/q+1/b41-12-,46-40-. The van der Waals surface area contributed by atoms with Crippen LogP contribution in [0.5, 0.6) is 0 Å². The SMILES string of the molecule is C=C/C(=C(\C(=C/C)C(C)C)n1cc[n+](-c2ccccc2-c2nccn2-c2c(C(C)C)cc(-c3ccccc3)cc2C(C)C)c1-c1ccccc1)C(C)C. The maximum atomic E-state index is 5.12. The van der Waals surface area contributed by atoms with Crippen LogP contribution < -0.4 is 4.57 Å². The third-order valence-corrected chi connectivity index (χ3v) is 10.2. The third kappa shape index (κ3) is 7.28. The van der Waals surface area contributed by atoms with Gasteiger partial charge in [0.2, 0.25) is 0 Å². The fourth-order valence-corrected chi connectivity index (χ4v) is 7.62. The van der Waals surface area contributed by atoms with Gasteiger partial charge in [0, 0.05) is 18.0 Å². The number of imidazole rings is 2. The molecule has 0 fully saturated rings. The number of benzene rings is 4. The van der Waals surface area contributed by atoms with Crippen molar-refractivity contribution in [3.05, 3.63) is 163 Å². The van der Waals surface area contributed by atoms with Crippen molar-refractivity contribution in [1.29, 1.82) is 0 Å². The molecule has 0 saturated heterocycles. The molecular formula is C49H55N4+. The summed E-state index contributed by atoms with van der Waals surface area (Å²) in [6.07, 6.45) is 12.8. The molecule has 0 bridgehead atoms. The zero-order valence-corrected chi connectivity index (χ0v) is 33.0. The van der Waals surface area contributed by atoms with Gasteiger partial charge in [0.1, 0.15) is 29.6 Å². The highest BCUT2D eigenvalue weighted by molar-refractivity contribution is 5.76. The highest BCUT2D eigenvalue weighted by Gasteiger charge is 2.31.